The molecule has 2 aromatic heterocycles. The molecular weight excluding hydrogens is 471 g/mol. The number of alkyl carbamates (subject to hydrolysis) is 1. The van der Waals surface area contributed by atoms with E-state index >= 15 is 0 Å². The molecule has 0 saturated carbocycles. The molecule has 0 aliphatic carbocycles. The van der Waals surface area contributed by atoms with Crippen molar-refractivity contribution in [3.05, 3.63) is 30.5 Å². The zero-order valence-electron chi connectivity index (χ0n) is 19.1. The Morgan fingerprint density at radius 1 is 1.24 bits per heavy atom. The largest absolute Gasteiger partial charge is 0.573 e. The molecule has 1 aliphatic rings. The fourth-order valence-electron chi connectivity index (χ4n) is 3.68. The van der Waals surface area contributed by atoms with Crippen molar-refractivity contribution in [1.82, 2.24) is 19.9 Å². The zero-order valence-corrected chi connectivity index (χ0v) is 19.9. The number of imidazole rings is 1. The third kappa shape index (κ3) is 6.31. The van der Waals surface area contributed by atoms with E-state index in [1.165, 1.54) is 29.5 Å². The Morgan fingerprint density at radius 3 is 2.62 bits per heavy atom. The number of hydrogen-bond donors (Lipinski definition) is 1. The predicted molar refractivity (Wildman–Crippen MR) is 122 cm³/mol. The van der Waals surface area contributed by atoms with E-state index < -0.39 is 18.1 Å². The van der Waals surface area contributed by atoms with Gasteiger partial charge < -0.3 is 19.7 Å². The topological polar surface area (TPSA) is 81.0 Å². The number of alkyl halides is 3. The Kier molecular flexibility index (Phi) is 6.61. The molecule has 1 aromatic carbocycles. The number of piperidine rings is 1. The minimum absolute atomic E-state index is 0.293. The minimum Gasteiger partial charge on any atom is -0.444 e. The molecule has 0 spiro atoms. The molecule has 34 heavy (non-hydrogen) atoms. The second-order valence-electron chi connectivity index (χ2n) is 9.13. The third-order valence-electron chi connectivity index (χ3n) is 5.21. The van der Waals surface area contributed by atoms with Crippen molar-refractivity contribution in [1.29, 1.82) is 0 Å². The number of hydrogen-bond acceptors (Lipinski definition) is 7. The van der Waals surface area contributed by atoms with Gasteiger partial charge in [0.25, 0.3) is 0 Å². The number of benzene rings is 1. The van der Waals surface area contributed by atoms with Gasteiger partial charge in [-0.05, 0) is 51.7 Å². The quantitative estimate of drug-likeness (QED) is 0.529. The van der Waals surface area contributed by atoms with Crippen LogP contribution in [0.1, 0.15) is 33.6 Å². The fraction of sp³-hybridized carbons (Fsp3) is 0.500. The Bertz CT molecular complexity index is 1120. The fourth-order valence-corrected chi connectivity index (χ4v) is 4.61. The molecule has 3 aromatic rings. The molecule has 3 heterocycles. The van der Waals surface area contributed by atoms with Crippen molar-refractivity contribution in [3.8, 4) is 17.0 Å². The first-order chi connectivity index (χ1) is 15.9. The van der Waals surface area contributed by atoms with E-state index in [0.29, 0.717) is 28.7 Å². The highest BCUT2D eigenvalue weighted by Crippen LogP contribution is 2.31. The van der Waals surface area contributed by atoms with Crippen molar-refractivity contribution < 1.29 is 27.4 Å². The first-order valence-corrected chi connectivity index (χ1v) is 11.7. The van der Waals surface area contributed by atoms with Crippen molar-refractivity contribution in [2.24, 2.45) is 5.92 Å². The molecule has 0 unspecified atom stereocenters. The van der Waals surface area contributed by atoms with Crippen molar-refractivity contribution in [3.63, 3.8) is 0 Å². The van der Waals surface area contributed by atoms with Gasteiger partial charge in [0.1, 0.15) is 11.4 Å². The number of aromatic nitrogens is 3. The molecule has 4 rings (SSSR count). The maximum atomic E-state index is 12.5. The van der Waals surface area contributed by atoms with Crippen LogP contribution in [-0.2, 0) is 4.74 Å². The van der Waals surface area contributed by atoms with Crippen molar-refractivity contribution >= 4 is 27.5 Å². The van der Waals surface area contributed by atoms with Crippen LogP contribution in [0.5, 0.6) is 5.75 Å². The normalized spacial score (nSPS) is 15.5. The lowest BCUT2D eigenvalue weighted by Crippen LogP contribution is -2.40. The number of ether oxygens (including phenoxy) is 2. The van der Waals surface area contributed by atoms with Gasteiger partial charge in [-0.3, -0.25) is 0 Å². The number of amides is 1. The van der Waals surface area contributed by atoms with E-state index in [1.54, 1.807) is 16.8 Å². The molecule has 184 valence electrons. The summed E-state index contributed by atoms with van der Waals surface area (Å²) in [6.45, 7) is 7.68. The molecule has 0 radical (unpaired) electrons. The summed E-state index contributed by atoms with van der Waals surface area (Å²) in [6.07, 6.45) is -1.63. The van der Waals surface area contributed by atoms with E-state index in [1.807, 2.05) is 20.8 Å². The van der Waals surface area contributed by atoms with E-state index in [4.69, 9.17) is 4.74 Å². The van der Waals surface area contributed by atoms with Gasteiger partial charge in [0.15, 0.2) is 0 Å². The average molecular weight is 498 g/mol. The highest BCUT2D eigenvalue weighted by Gasteiger charge is 2.31. The van der Waals surface area contributed by atoms with Gasteiger partial charge in [0.2, 0.25) is 10.1 Å². The highest BCUT2D eigenvalue weighted by molar-refractivity contribution is 7.20. The summed E-state index contributed by atoms with van der Waals surface area (Å²) in [4.78, 5) is 19.2. The smallest absolute Gasteiger partial charge is 0.444 e. The number of nitrogens with one attached hydrogen (secondary N) is 1. The molecule has 0 bridgehead atoms. The van der Waals surface area contributed by atoms with Crippen molar-refractivity contribution in [2.75, 3.05) is 24.5 Å². The number of halogens is 3. The minimum atomic E-state index is -4.75. The van der Waals surface area contributed by atoms with Crippen LogP contribution in [0.4, 0.5) is 23.1 Å². The third-order valence-corrected chi connectivity index (χ3v) is 6.20. The van der Waals surface area contributed by atoms with Crippen LogP contribution in [0.2, 0.25) is 0 Å². The van der Waals surface area contributed by atoms with Gasteiger partial charge in [0.05, 0.1) is 11.9 Å². The van der Waals surface area contributed by atoms with Gasteiger partial charge in [-0.15, -0.1) is 18.3 Å². The molecule has 1 fully saturated rings. The molecular formula is C22H26F3N5O3S. The molecule has 1 saturated heterocycles. The van der Waals surface area contributed by atoms with E-state index in [2.05, 4.69) is 25.0 Å². The number of carbonyl (C=O) groups is 1. The lowest BCUT2D eigenvalue weighted by molar-refractivity contribution is -0.274. The van der Waals surface area contributed by atoms with Crippen LogP contribution in [0, 0.1) is 5.92 Å². The number of fused-ring (bicyclic) bond motifs is 1. The zero-order chi connectivity index (χ0) is 24.5. The lowest BCUT2D eigenvalue weighted by Gasteiger charge is -2.31. The SMILES string of the molecule is CC(C)(C)OC(=O)NCC1CCN(c2nn3cc(-c4cccc(OC(F)(F)F)c4)nc3s2)CC1. The lowest BCUT2D eigenvalue weighted by atomic mass is 9.97. The van der Waals surface area contributed by atoms with Gasteiger partial charge in [-0.1, -0.05) is 23.5 Å². The van der Waals surface area contributed by atoms with Gasteiger partial charge in [-0.2, -0.15) is 0 Å². The van der Waals surface area contributed by atoms with Crippen LogP contribution in [0.15, 0.2) is 30.5 Å². The van der Waals surface area contributed by atoms with Gasteiger partial charge >= 0.3 is 12.5 Å². The predicted octanol–water partition coefficient (Wildman–Crippen LogP) is 5.10. The van der Waals surface area contributed by atoms with E-state index in [0.717, 1.165) is 31.1 Å². The molecule has 0 atom stereocenters. The van der Waals surface area contributed by atoms with Crippen molar-refractivity contribution in [2.45, 2.75) is 45.6 Å². The second-order valence-corrected chi connectivity index (χ2v) is 10.1. The maximum absolute atomic E-state index is 12.5. The standard InChI is InChI=1S/C22H26F3N5O3S/c1-21(2,3)33-20(31)26-12-14-7-9-29(10-8-14)19-28-30-13-17(27-18(30)34-19)15-5-4-6-16(11-15)32-22(23,24)25/h4-6,11,13-14H,7-10,12H2,1-3H3,(H,26,31). The molecule has 8 nitrogen and oxygen atoms in total. The molecule has 1 N–H and O–H groups in total. The summed E-state index contributed by atoms with van der Waals surface area (Å²) in [5, 5.41) is 8.28. The average Bonchev–Trinajstić information content (AvgIpc) is 3.30. The Balaban J connectivity index is 1.34. The van der Waals surface area contributed by atoms with E-state index in [-0.39, 0.29) is 5.75 Å². The van der Waals surface area contributed by atoms with Crippen LogP contribution < -0.4 is 15.0 Å². The maximum Gasteiger partial charge on any atom is 0.573 e. The number of anilines is 1. The number of carbonyl (C=O) groups excluding carboxylic acids is 1. The Labute approximate surface area is 198 Å². The molecule has 1 aliphatic heterocycles. The summed E-state index contributed by atoms with van der Waals surface area (Å²) in [6, 6.07) is 5.71. The van der Waals surface area contributed by atoms with Gasteiger partial charge in [-0.25, -0.2) is 14.3 Å². The van der Waals surface area contributed by atoms with Crippen LogP contribution in [0.25, 0.3) is 16.2 Å². The summed E-state index contributed by atoms with van der Waals surface area (Å²) in [5.41, 5.74) is 0.513. The summed E-state index contributed by atoms with van der Waals surface area (Å²) in [7, 11) is 0. The van der Waals surface area contributed by atoms with E-state index in [9.17, 15) is 18.0 Å². The monoisotopic (exact) mass is 497 g/mol. The summed E-state index contributed by atoms with van der Waals surface area (Å²) < 4.78 is 48.4. The Hall–Kier alpha value is -3.02. The summed E-state index contributed by atoms with van der Waals surface area (Å²) >= 11 is 1.43. The number of rotatable bonds is 5. The molecule has 12 heteroatoms. The first kappa shape index (κ1) is 24.1. The van der Waals surface area contributed by atoms with Crippen LogP contribution in [-0.4, -0.2) is 52.3 Å². The first-order valence-electron chi connectivity index (χ1n) is 10.9. The van der Waals surface area contributed by atoms with Crippen LogP contribution in [0.3, 0.4) is 0 Å². The summed E-state index contributed by atoms with van der Waals surface area (Å²) in [5.74, 6) is 0.0737. The highest BCUT2D eigenvalue weighted by atomic mass is 32.1. The number of nitrogens with zero attached hydrogens (tertiary/aromatic N) is 4. The Morgan fingerprint density at radius 2 is 1.97 bits per heavy atom. The van der Waals surface area contributed by atoms with Crippen LogP contribution >= 0.6 is 11.3 Å². The molecule has 1 amide bonds. The van der Waals surface area contributed by atoms with Gasteiger partial charge in [0, 0.05) is 25.2 Å². The second kappa shape index (κ2) is 9.32.